The predicted molar refractivity (Wildman–Crippen MR) is 94.6 cm³/mol. The first-order valence-corrected chi connectivity index (χ1v) is 8.16. The Morgan fingerprint density at radius 2 is 1.58 bits per heavy atom. The Morgan fingerprint density at radius 1 is 0.846 bits per heavy atom. The molecule has 0 radical (unpaired) electrons. The van der Waals surface area contributed by atoms with Gasteiger partial charge in [-0.1, -0.05) is 24.3 Å². The van der Waals surface area contributed by atoms with Gasteiger partial charge in [-0.15, -0.1) is 0 Å². The summed E-state index contributed by atoms with van der Waals surface area (Å²) in [6.45, 7) is 0.383. The second kappa shape index (κ2) is 7.19. The molecule has 0 bridgehead atoms. The van der Waals surface area contributed by atoms with Crippen LogP contribution in [-0.2, 0) is 11.3 Å². The Morgan fingerprint density at radius 3 is 2.38 bits per heavy atom. The number of hydrogen-bond donors (Lipinski definition) is 0. The third kappa shape index (κ3) is 3.62. The van der Waals surface area contributed by atoms with E-state index in [1.165, 1.54) is 0 Å². The maximum atomic E-state index is 12.2. The predicted octanol–water partition coefficient (Wildman–Crippen LogP) is 4.56. The molecule has 5 heteroatoms. The second-order valence-electron chi connectivity index (χ2n) is 5.70. The van der Waals surface area contributed by atoms with Crippen molar-refractivity contribution in [3.8, 4) is 23.0 Å². The van der Waals surface area contributed by atoms with Gasteiger partial charge < -0.3 is 18.9 Å². The van der Waals surface area contributed by atoms with E-state index in [0.29, 0.717) is 22.8 Å². The quantitative estimate of drug-likeness (QED) is 0.633. The minimum absolute atomic E-state index is 0.164. The lowest BCUT2D eigenvalue weighted by Crippen LogP contribution is -2.05. The molecule has 0 atom stereocenters. The molecule has 0 saturated carbocycles. The molecule has 0 amide bonds. The lowest BCUT2D eigenvalue weighted by molar-refractivity contribution is 0.0472. The molecule has 1 aliphatic rings. The standard InChI is InChI=1S/C21H16O5/c22-21(23-13-15-6-11-19-20(12-15)25-14-24-19)16-7-9-18(10-8-16)26-17-4-2-1-3-5-17/h1-12H,13-14H2. The first-order valence-electron chi connectivity index (χ1n) is 8.16. The molecule has 1 heterocycles. The summed E-state index contributed by atoms with van der Waals surface area (Å²) in [6.07, 6.45) is 0. The third-order valence-corrected chi connectivity index (χ3v) is 3.88. The largest absolute Gasteiger partial charge is 0.457 e. The molecule has 3 aromatic carbocycles. The molecule has 26 heavy (non-hydrogen) atoms. The number of rotatable bonds is 5. The Bertz CT molecular complexity index is 903. The van der Waals surface area contributed by atoms with Gasteiger partial charge in [0.15, 0.2) is 11.5 Å². The molecule has 0 aliphatic carbocycles. The van der Waals surface area contributed by atoms with Gasteiger partial charge in [0.25, 0.3) is 0 Å². The number of esters is 1. The van der Waals surface area contributed by atoms with Crippen LogP contribution in [0.1, 0.15) is 15.9 Å². The van der Waals surface area contributed by atoms with E-state index in [-0.39, 0.29) is 13.4 Å². The van der Waals surface area contributed by atoms with Crippen molar-refractivity contribution in [2.75, 3.05) is 6.79 Å². The van der Waals surface area contributed by atoms with Gasteiger partial charge in [0.2, 0.25) is 6.79 Å². The summed E-state index contributed by atoms with van der Waals surface area (Å²) >= 11 is 0. The highest BCUT2D eigenvalue weighted by Crippen LogP contribution is 2.32. The third-order valence-electron chi connectivity index (χ3n) is 3.88. The minimum atomic E-state index is -0.395. The molecule has 4 rings (SSSR count). The highest BCUT2D eigenvalue weighted by molar-refractivity contribution is 5.89. The van der Waals surface area contributed by atoms with Gasteiger partial charge in [0.1, 0.15) is 18.1 Å². The monoisotopic (exact) mass is 348 g/mol. The molecule has 0 spiro atoms. The molecule has 0 fully saturated rings. The average molecular weight is 348 g/mol. The van der Waals surface area contributed by atoms with Crippen LogP contribution < -0.4 is 14.2 Å². The van der Waals surface area contributed by atoms with Crippen LogP contribution in [0.4, 0.5) is 0 Å². The fourth-order valence-electron chi connectivity index (χ4n) is 2.55. The van der Waals surface area contributed by atoms with Gasteiger partial charge >= 0.3 is 5.97 Å². The summed E-state index contributed by atoms with van der Waals surface area (Å²) in [4.78, 5) is 12.2. The summed E-state index contributed by atoms with van der Waals surface area (Å²) in [5.41, 5.74) is 1.30. The Balaban J connectivity index is 1.36. The normalized spacial score (nSPS) is 11.8. The molecule has 130 valence electrons. The van der Waals surface area contributed by atoms with Crippen molar-refractivity contribution < 1.29 is 23.7 Å². The van der Waals surface area contributed by atoms with Crippen molar-refractivity contribution >= 4 is 5.97 Å². The lowest BCUT2D eigenvalue weighted by Gasteiger charge is -2.08. The number of carbonyl (C=O) groups excluding carboxylic acids is 1. The van der Waals surface area contributed by atoms with Crippen LogP contribution in [0.3, 0.4) is 0 Å². The van der Waals surface area contributed by atoms with Crippen molar-refractivity contribution in [3.63, 3.8) is 0 Å². The first kappa shape index (κ1) is 16.0. The highest BCUT2D eigenvalue weighted by Gasteiger charge is 2.14. The minimum Gasteiger partial charge on any atom is -0.457 e. The van der Waals surface area contributed by atoms with E-state index < -0.39 is 5.97 Å². The van der Waals surface area contributed by atoms with Crippen LogP contribution in [0.15, 0.2) is 72.8 Å². The van der Waals surface area contributed by atoms with Crippen LogP contribution in [-0.4, -0.2) is 12.8 Å². The van der Waals surface area contributed by atoms with Crippen LogP contribution >= 0.6 is 0 Å². The van der Waals surface area contributed by atoms with Crippen LogP contribution in [0.2, 0.25) is 0 Å². The number of para-hydroxylation sites is 1. The Kier molecular flexibility index (Phi) is 4.43. The van der Waals surface area contributed by atoms with E-state index >= 15 is 0 Å². The lowest BCUT2D eigenvalue weighted by atomic mass is 10.2. The topological polar surface area (TPSA) is 54.0 Å². The van der Waals surface area contributed by atoms with E-state index in [1.807, 2.05) is 42.5 Å². The maximum absolute atomic E-state index is 12.2. The van der Waals surface area contributed by atoms with Gasteiger partial charge in [-0.3, -0.25) is 0 Å². The van der Waals surface area contributed by atoms with Gasteiger partial charge in [-0.2, -0.15) is 0 Å². The van der Waals surface area contributed by atoms with Gasteiger partial charge in [-0.25, -0.2) is 4.79 Å². The number of carbonyl (C=O) groups is 1. The molecule has 5 nitrogen and oxygen atoms in total. The fourth-order valence-corrected chi connectivity index (χ4v) is 2.55. The molecule has 0 unspecified atom stereocenters. The SMILES string of the molecule is O=C(OCc1ccc2c(c1)OCO2)c1ccc(Oc2ccccc2)cc1. The van der Waals surface area contributed by atoms with Crippen molar-refractivity contribution in [2.24, 2.45) is 0 Å². The number of hydrogen-bond acceptors (Lipinski definition) is 5. The summed E-state index contributed by atoms with van der Waals surface area (Å²) in [7, 11) is 0. The number of ether oxygens (including phenoxy) is 4. The summed E-state index contributed by atoms with van der Waals surface area (Å²) in [6, 6.07) is 21.8. The van der Waals surface area contributed by atoms with Gasteiger partial charge in [0, 0.05) is 0 Å². The molecule has 0 saturated heterocycles. The zero-order valence-electron chi connectivity index (χ0n) is 13.9. The summed E-state index contributed by atoms with van der Waals surface area (Å²) in [5, 5.41) is 0. The van der Waals surface area contributed by atoms with E-state index in [0.717, 1.165) is 11.3 Å². The van der Waals surface area contributed by atoms with E-state index in [9.17, 15) is 4.79 Å². The van der Waals surface area contributed by atoms with E-state index in [1.54, 1.807) is 30.3 Å². The maximum Gasteiger partial charge on any atom is 0.338 e. The zero-order valence-corrected chi connectivity index (χ0v) is 13.9. The first-order chi connectivity index (χ1) is 12.8. The second-order valence-corrected chi connectivity index (χ2v) is 5.70. The van der Waals surface area contributed by atoms with Crippen LogP contribution in [0.25, 0.3) is 0 Å². The van der Waals surface area contributed by atoms with Crippen LogP contribution in [0, 0.1) is 0 Å². The van der Waals surface area contributed by atoms with E-state index in [2.05, 4.69) is 0 Å². The summed E-state index contributed by atoms with van der Waals surface area (Å²) in [5.74, 6) is 2.37. The number of fused-ring (bicyclic) bond motifs is 1. The van der Waals surface area contributed by atoms with Crippen molar-refractivity contribution in [1.29, 1.82) is 0 Å². The molecular weight excluding hydrogens is 332 g/mol. The zero-order chi connectivity index (χ0) is 17.8. The number of benzene rings is 3. The van der Waals surface area contributed by atoms with Gasteiger partial charge in [0.05, 0.1) is 5.56 Å². The van der Waals surface area contributed by atoms with E-state index in [4.69, 9.17) is 18.9 Å². The van der Waals surface area contributed by atoms with Gasteiger partial charge in [-0.05, 0) is 54.1 Å². The van der Waals surface area contributed by atoms with Crippen molar-refractivity contribution in [1.82, 2.24) is 0 Å². The Labute approximate surface area is 150 Å². The molecule has 0 N–H and O–H groups in total. The molecular formula is C21H16O5. The van der Waals surface area contributed by atoms with Crippen molar-refractivity contribution in [2.45, 2.75) is 6.61 Å². The Hall–Kier alpha value is -3.47. The molecule has 3 aromatic rings. The average Bonchev–Trinajstić information content (AvgIpc) is 3.15. The smallest absolute Gasteiger partial charge is 0.338 e. The fraction of sp³-hybridized carbons (Fsp3) is 0.0952. The van der Waals surface area contributed by atoms with Crippen LogP contribution in [0.5, 0.6) is 23.0 Å². The molecule has 1 aliphatic heterocycles. The van der Waals surface area contributed by atoms with Crippen molar-refractivity contribution in [3.05, 3.63) is 83.9 Å². The molecule has 0 aromatic heterocycles. The highest BCUT2D eigenvalue weighted by atomic mass is 16.7. The summed E-state index contributed by atoms with van der Waals surface area (Å²) < 4.78 is 21.6.